The van der Waals surface area contributed by atoms with Crippen molar-refractivity contribution in [3.63, 3.8) is 0 Å². The van der Waals surface area contributed by atoms with Gasteiger partial charge < -0.3 is 9.32 Å². The molecule has 5 heteroatoms. The van der Waals surface area contributed by atoms with Crippen molar-refractivity contribution in [3.8, 4) is 0 Å². The number of amides is 1. The molecule has 1 aliphatic rings. The van der Waals surface area contributed by atoms with Gasteiger partial charge in [-0.2, -0.15) is 5.10 Å². The van der Waals surface area contributed by atoms with Gasteiger partial charge in [0, 0.05) is 31.1 Å². The summed E-state index contributed by atoms with van der Waals surface area (Å²) in [6.07, 6.45) is 6.42. The van der Waals surface area contributed by atoms with Crippen molar-refractivity contribution in [3.05, 3.63) is 77.0 Å². The van der Waals surface area contributed by atoms with E-state index in [9.17, 15) is 4.79 Å². The van der Waals surface area contributed by atoms with Crippen LogP contribution in [-0.2, 0) is 6.42 Å². The number of hydrogen-bond donors (Lipinski definition) is 1. The van der Waals surface area contributed by atoms with Gasteiger partial charge in [0.25, 0.3) is 5.91 Å². The number of aryl methyl sites for hydroxylation is 1. The van der Waals surface area contributed by atoms with Gasteiger partial charge in [-0.15, -0.1) is 0 Å². The molecule has 0 spiro atoms. The number of nitrogens with one attached hydrogen (secondary N) is 1. The van der Waals surface area contributed by atoms with Gasteiger partial charge in [0.1, 0.15) is 5.76 Å². The minimum atomic E-state index is 0.0603. The van der Waals surface area contributed by atoms with Gasteiger partial charge in [-0.05, 0) is 37.0 Å². The van der Waals surface area contributed by atoms with Gasteiger partial charge in [0.15, 0.2) is 0 Å². The van der Waals surface area contributed by atoms with Crippen molar-refractivity contribution in [2.24, 2.45) is 0 Å². The predicted molar refractivity (Wildman–Crippen MR) is 99.2 cm³/mol. The molecule has 1 aliphatic heterocycles. The second-order valence-electron chi connectivity index (χ2n) is 6.95. The molecular weight excluding hydrogens is 326 g/mol. The van der Waals surface area contributed by atoms with Crippen LogP contribution in [0.3, 0.4) is 0 Å². The Bertz CT molecular complexity index is 882. The number of likely N-dealkylation sites (tertiary alicyclic amines) is 1. The van der Waals surface area contributed by atoms with Gasteiger partial charge in [0.05, 0.1) is 18.0 Å². The number of carbonyl (C=O) groups is 1. The summed E-state index contributed by atoms with van der Waals surface area (Å²) in [7, 11) is 0. The largest absolute Gasteiger partial charge is 0.469 e. The zero-order valence-electron chi connectivity index (χ0n) is 14.9. The number of hydrogen-bond acceptors (Lipinski definition) is 3. The summed E-state index contributed by atoms with van der Waals surface area (Å²) in [5.41, 5.74) is 4.32. The second kappa shape index (κ2) is 7.20. The van der Waals surface area contributed by atoms with Crippen LogP contribution in [0.25, 0.3) is 0 Å². The zero-order valence-corrected chi connectivity index (χ0v) is 14.9. The van der Waals surface area contributed by atoms with Crippen molar-refractivity contribution in [1.29, 1.82) is 0 Å². The molecule has 3 heterocycles. The smallest absolute Gasteiger partial charge is 0.257 e. The Morgan fingerprint density at radius 3 is 2.92 bits per heavy atom. The van der Waals surface area contributed by atoms with E-state index in [0.29, 0.717) is 23.8 Å². The highest BCUT2D eigenvalue weighted by atomic mass is 16.3. The maximum Gasteiger partial charge on any atom is 0.257 e. The van der Waals surface area contributed by atoms with Crippen molar-refractivity contribution in [2.45, 2.75) is 32.1 Å². The molecule has 1 fully saturated rings. The van der Waals surface area contributed by atoms with Crippen LogP contribution in [0.4, 0.5) is 0 Å². The molecule has 0 radical (unpaired) electrons. The summed E-state index contributed by atoms with van der Waals surface area (Å²) in [6.45, 7) is 3.34. The topological polar surface area (TPSA) is 62.1 Å². The maximum atomic E-state index is 12.8. The summed E-state index contributed by atoms with van der Waals surface area (Å²) in [5, 5.41) is 7.48. The molecule has 3 aromatic rings. The highest BCUT2D eigenvalue weighted by Gasteiger charge is 2.29. The van der Waals surface area contributed by atoms with Crippen LogP contribution in [-0.4, -0.2) is 34.1 Å². The molecule has 2 aromatic heterocycles. The average Bonchev–Trinajstić information content (AvgIpc) is 3.31. The number of piperidine rings is 1. The predicted octanol–water partition coefficient (Wildman–Crippen LogP) is 3.92. The number of aromatic nitrogens is 2. The molecule has 5 nitrogen and oxygen atoms in total. The Morgan fingerprint density at radius 1 is 1.31 bits per heavy atom. The third kappa shape index (κ3) is 3.29. The second-order valence-corrected chi connectivity index (χ2v) is 6.95. The van der Waals surface area contributed by atoms with Crippen molar-refractivity contribution in [2.75, 3.05) is 13.1 Å². The molecule has 1 atom stereocenters. The lowest BCUT2D eigenvalue weighted by atomic mass is 9.90. The van der Waals surface area contributed by atoms with E-state index in [1.54, 1.807) is 12.3 Å². The lowest BCUT2D eigenvalue weighted by molar-refractivity contribution is 0.0704. The first-order valence-electron chi connectivity index (χ1n) is 9.12. The number of aromatic amines is 1. The summed E-state index contributed by atoms with van der Waals surface area (Å²) >= 11 is 0. The van der Waals surface area contributed by atoms with Crippen LogP contribution in [0.5, 0.6) is 0 Å². The standard InChI is InChI=1S/C21H23N3O2/c1-15-19(9-11-26-15)21(25)24-10-5-8-17(14-24)20-18(13-22-23-20)12-16-6-3-2-4-7-16/h2-4,6-7,9,11,13,17H,5,8,10,12,14H2,1H3,(H,22,23)/t17-/m0/s1. The van der Waals surface area contributed by atoms with Crippen molar-refractivity contribution in [1.82, 2.24) is 15.1 Å². The first-order valence-corrected chi connectivity index (χ1v) is 9.12. The molecule has 1 N–H and O–H groups in total. The lowest BCUT2D eigenvalue weighted by Crippen LogP contribution is -2.39. The Morgan fingerprint density at radius 2 is 2.15 bits per heavy atom. The maximum absolute atomic E-state index is 12.8. The quantitative estimate of drug-likeness (QED) is 0.776. The zero-order chi connectivity index (χ0) is 17.9. The van der Waals surface area contributed by atoms with E-state index >= 15 is 0 Å². The molecule has 1 aromatic carbocycles. The van der Waals surface area contributed by atoms with E-state index in [1.165, 1.54) is 11.1 Å². The van der Waals surface area contributed by atoms with E-state index in [1.807, 2.05) is 24.1 Å². The average molecular weight is 349 g/mol. The van der Waals surface area contributed by atoms with Crippen LogP contribution < -0.4 is 0 Å². The molecule has 0 aliphatic carbocycles. The Balaban J connectivity index is 1.51. The van der Waals surface area contributed by atoms with Crippen LogP contribution in [0, 0.1) is 6.92 Å². The molecule has 0 unspecified atom stereocenters. The van der Waals surface area contributed by atoms with Gasteiger partial charge in [-0.3, -0.25) is 9.89 Å². The Labute approximate surface area is 153 Å². The fourth-order valence-electron chi connectivity index (χ4n) is 3.81. The number of benzene rings is 1. The third-order valence-corrected chi connectivity index (χ3v) is 5.19. The number of H-pyrrole nitrogens is 1. The number of rotatable bonds is 4. The van der Waals surface area contributed by atoms with E-state index in [0.717, 1.165) is 31.5 Å². The van der Waals surface area contributed by atoms with E-state index in [4.69, 9.17) is 4.42 Å². The third-order valence-electron chi connectivity index (χ3n) is 5.19. The summed E-state index contributed by atoms with van der Waals surface area (Å²) in [4.78, 5) is 14.8. The molecule has 0 saturated carbocycles. The highest BCUT2D eigenvalue weighted by Crippen LogP contribution is 2.30. The number of carbonyl (C=O) groups excluding carboxylic acids is 1. The molecular formula is C21H23N3O2. The van der Waals surface area contributed by atoms with Crippen molar-refractivity contribution < 1.29 is 9.21 Å². The summed E-state index contributed by atoms with van der Waals surface area (Å²) in [5.74, 6) is 1.04. The molecule has 26 heavy (non-hydrogen) atoms. The number of furan rings is 1. The molecule has 0 bridgehead atoms. The van der Waals surface area contributed by atoms with Crippen LogP contribution in [0.1, 0.15) is 51.7 Å². The van der Waals surface area contributed by atoms with E-state index in [2.05, 4.69) is 34.5 Å². The van der Waals surface area contributed by atoms with Crippen molar-refractivity contribution >= 4 is 5.91 Å². The van der Waals surface area contributed by atoms with Crippen LogP contribution in [0.15, 0.2) is 53.3 Å². The van der Waals surface area contributed by atoms with Gasteiger partial charge in [-0.1, -0.05) is 30.3 Å². The molecule has 4 rings (SSSR count). The first kappa shape index (κ1) is 16.6. The van der Waals surface area contributed by atoms with E-state index in [-0.39, 0.29) is 5.91 Å². The fraction of sp³-hybridized carbons (Fsp3) is 0.333. The SMILES string of the molecule is Cc1occc1C(=O)N1CCC[C@H](c2[nH]ncc2Cc2ccccc2)C1. The normalized spacial score (nSPS) is 17.4. The fourth-order valence-corrected chi connectivity index (χ4v) is 3.81. The highest BCUT2D eigenvalue weighted by molar-refractivity contribution is 5.95. The molecule has 1 saturated heterocycles. The van der Waals surface area contributed by atoms with Crippen LogP contribution >= 0.6 is 0 Å². The van der Waals surface area contributed by atoms with Gasteiger partial charge >= 0.3 is 0 Å². The Kier molecular flexibility index (Phi) is 4.61. The molecule has 1 amide bonds. The lowest BCUT2D eigenvalue weighted by Gasteiger charge is -2.32. The van der Waals surface area contributed by atoms with Gasteiger partial charge in [-0.25, -0.2) is 0 Å². The van der Waals surface area contributed by atoms with Gasteiger partial charge in [0.2, 0.25) is 0 Å². The molecule has 134 valence electrons. The van der Waals surface area contributed by atoms with Crippen LogP contribution in [0.2, 0.25) is 0 Å². The van der Waals surface area contributed by atoms with E-state index < -0.39 is 0 Å². The first-order chi connectivity index (χ1) is 12.7. The summed E-state index contributed by atoms with van der Waals surface area (Å²) < 4.78 is 5.30. The number of nitrogens with zero attached hydrogens (tertiary/aromatic N) is 2. The monoisotopic (exact) mass is 349 g/mol. The minimum Gasteiger partial charge on any atom is -0.469 e. The summed E-state index contributed by atoms with van der Waals surface area (Å²) in [6, 6.07) is 12.2. The Hall–Kier alpha value is -2.82. The minimum absolute atomic E-state index is 0.0603.